The van der Waals surface area contributed by atoms with Crippen LogP contribution in [0.2, 0.25) is 0 Å². The van der Waals surface area contributed by atoms with Crippen molar-refractivity contribution in [3.63, 3.8) is 0 Å². The maximum atomic E-state index is 13.1. The summed E-state index contributed by atoms with van der Waals surface area (Å²) in [5.74, 6) is -0.105. The van der Waals surface area contributed by atoms with Gasteiger partial charge in [0, 0.05) is 37.7 Å². The van der Waals surface area contributed by atoms with E-state index in [1.807, 2.05) is 0 Å². The molecule has 2 N–H and O–H groups in total. The predicted molar refractivity (Wildman–Crippen MR) is 87.6 cm³/mol. The van der Waals surface area contributed by atoms with Crippen molar-refractivity contribution in [2.75, 3.05) is 25.0 Å². The number of hydrogen-bond donors (Lipinski definition) is 2. The standard InChI is InChI=1S/C18H25FN2O2/c19-15-5-3-6-16(12-15)20-17(22)7-10-21-11-9-18(23)8-2-1-4-14(18)13-21/h3,5-6,12,14,23H,1-2,4,7-11,13H2,(H,20,22). The second kappa shape index (κ2) is 6.97. The molecule has 0 bridgehead atoms. The van der Waals surface area contributed by atoms with Gasteiger partial charge in [0.1, 0.15) is 5.82 Å². The summed E-state index contributed by atoms with van der Waals surface area (Å²) in [6.45, 7) is 2.41. The number of carbonyl (C=O) groups is 1. The summed E-state index contributed by atoms with van der Waals surface area (Å²) in [5.41, 5.74) is 0.0220. The maximum Gasteiger partial charge on any atom is 0.225 e. The first-order chi connectivity index (χ1) is 11.0. The zero-order valence-corrected chi connectivity index (χ0v) is 13.4. The summed E-state index contributed by atoms with van der Waals surface area (Å²) in [7, 11) is 0. The van der Waals surface area contributed by atoms with Crippen LogP contribution in [0, 0.1) is 11.7 Å². The van der Waals surface area contributed by atoms with Crippen molar-refractivity contribution in [2.45, 2.75) is 44.1 Å². The van der Waals surface area contributed by atoms with Gasteiger partial charge < -0.3 is 15.3 Å². The van der Waals surface area contributed by atoms with Crippen LogP contribution in [-0.2, 0) is 4.79 Å². The summed E-state index contributed by atoms with van der Waals surface area (Å²) in [6, 6.07) is 5.94. The fraction of sp³-hybridized carbons (Fsp3) is 0.611. The Kier molecular flexibility index (Phi) is 4.97. The lowest BCUT2D eigenvalue weighted by atomic mass is 9.71. The number of halogens is 1. The van der Waals surface area contributed by atoms with E-state index in [9.17, 15) is 14.3 Å². The predicted octanol–water partition coefficient (Wildman–Crippen LogP) is 2.78. The van der Waals surface area contributed by atoms with Crippen LogP contribution < -0.4 is 5.32 Å². The Morgan fingerprint density at radius 1 is 1.39 bits per heavy atom. The molecule has 0 radical (unpaired) electrons. The summed E-state index contributed by atoms with van der Waals surface area (Å²) in [6.07, 6.45) is 5.53. The van der Waals surface area contributed by atoms with Gasteiger partial charge in [-0.2, -0.15) is 0 Å². The molecule has 1 aromatic rings. The van der Waals surface area contributed by atoms with Crippen molar-refractivity contribution in [1.29, 1.82) is 0 Å². The molecule has 1 aliphatic heterocycles. The minimum Gasteiger partial charge on any atom is -0.390 e. The fourth-order valence-electron chi connectivity index (χ4n) is 3.89. The van der Waals surface area contributed by atoms with E-state index < -0.39 is 5.60 Å². The van der Waals surface area contributed by atoms with Crippen LogP contribution in [0.1, 0.15) is 38.5 Å². The summed E-state index contributed by atoms with van der Waals surface area (Å²) in [5, 5.41) is 13.4. The van der Waals surface area contributed by atoms with Gasteiger partial charge in [-0.3, -0.25) is 4.79 Å². The van der Waals surface area contributed by atoms with Crippen LogP contribution in [0.3, 0.4) is 0 Å². The molecule has 1 amide bonds. The summed E-state index contributed by atoms with van der Waals surface area (Å²) >= 11 is 0. The van der Waals surface area contributed by atoms with Crippen LogP contribution in [0.25, 0.3) is 0 Å². The molecule has 0 spiro atoms. The van der Waals surface area contributed by atoms with Crippen LogP contribution in [-0.4, -0.2) is 41.1 Å². The van der Waals surface area contributed by atoms with E-state index in [2.05, 4.69) is 10.2 Å². The average molecular weight is 320 g/mol. The van der Waals surface area contributed by atoms with Crippen molar-refractivity contribution in [1.82, 2.24) is 4.90 Å². The smallest absolute Gasteiger partial charge is 0.225 e. The van der Waals surface area contributed by atoms with E-state index in [-0.39, 0.29) is 11.7 Å². The SMILES string of the molecule is O=C(CCN1CCC2(O)CCCCC2C1)Nc1cccc(F)c1. The van der Waals surface area contributed by atoms with E-state index in [0.29, 0.717) is 24.6 Å². The number of hydrogen-bond acceptors (Lipinski definition) is 3. The normalized spacial score (nSPS) is 28.2. The van der Waals surface area contributed by atoms with E-state index in [1.165, 1.54) is 18.6 Å². The Hall–Kier alpha value is -1.46. The molecule has 4 nitrogen and oxygen atoms in total. The van der Waals surface area contributed by atoms with Gasteiger partial charge >= 0.3 is 0 Å². The number of nitrogens with zero attached hydrogens (tertiary/aromatic N) is 1. The van der Waals surface area contributed by atoms with E-state index in [0.717, 1.165) is 38.8 Å². The molecule has 0 aromatic heterocycles. The average Bonchev–Trinajstić information content (AvgIpc) is 2.52. The monoisotopic (exact) mass is 320 g/mol. The molecule has 2 atom stereocenters. The number of carbonyl (C=O) groups excluding carboxylic acids is 1. The molecule has 1 aromatic carbocycles. The molecule has 3 rings (SSSR count). The topological polar surface area (TPSA) is 52.6 Å². The van der Waals surface area contributed by atoms with E-state index in [1.54, 1.807) is 12.1 Å². The number of nitrogens with one attached hydrogen (secondary N) is 1. The molecule has 1 saturated heterocycles. The Morgan fingerprint density at radius 3 is 3.09 bits per heavy atom. The van der Waals surface area contributed by atoms with Gasteiger partial charge in [-0.15, -0.1) is 0 Å². The Morgan fingerprint density at radius 2 is 2.26 bits per heavy atom. The van der Waals surface area contributed by atoms with E-state index in [4.69, 9.17) is 0 Å². The number of amides is 1. The van der Waals surface area contributed by atoms with Gasteiger partial charge in [0.25, 0.3) is 0 Å². The lowest BCUT2D eigenvalue weighted by molar-refractivity contribution is -0.117. The lowest BCUT2D eigenvalue weighted by Crippen LogP contribution is -2.53. The highest BCUT2D eigenvalue weighted by atomic mass is 19.1. The quantitative estimate of drug-likeness (QED) is 0.897. The minimum absolute atomic E-state index is 0.0971. The number of benzene rings is 1. The highest BCUT2D eigenvalue weighted by Crippen LogP contribution is 2.39. The zero-order valence-electron chi connectivity index (χ0n) is 13.4. The summed E-state index contributed by atoms with van der Waals surface area (Å²) in [4.78, 5) is 14.3. The molecular weight excluding hydrogens is 295 g/mol. The third kappa shape index (κ3) is 4.09. The van der Waals surface area contributed by atoms with Gasteiger partial charge in [-0.05, 0) is 37.5 Å². The van der Waals surface area contributed by atoms with Crippen molar-refractivity contribution in [3.05, 3.63) is 30.1 Å². The largest absolute Gasteiger partial charge is 0.390 e. The molecule has 1 saturated carbocycles. The first-order valence-corrected chi connectivity index (χ1v) is 8.55. The number of anilines is 1. The molecule has 2 fully saturated rings. The van der Waals surface area contributed by atoms with Gasteiger partial charge in [0.05, 0.1) is 5.60 Å². The Bertz CT molecular complexity index is 566. The van der Waals surface area contributed by atoms with Gasteiger partial charge in [0.2, 0.25) is 5.91 Å². The Labute approximate surface area is 136 Å². The number of rotatable bonds is 4. The molecule has 1 heterocycles. The molecule has 2 unspecified atom stereocenters. The molecular formula is C18H25FN2O2. The minimum atomic E-state index is -0.474. The first-order valence-electron chi connectivity index (χ1n) is 8.55. The number of aliphatic hydroxyl groups is 1. The fourth-order valence-corrected chi connectivity index (χ4v) is 3.89. The van der Waals surface area contributed by atoms with Crippen LogP contribution in [0.15, 0.2) is 24.3 Å². The van der Waals surface area contributed by atoms with Gasteiger partial charge in [0.15, 0.2) is 0 Å². The molecule has 23 heavy (non-hydrogen) atoms. The van der Waals surface area contributed by atoms with E-state index >= 15 is 0 Å². The number of likely N-dealkylation sites (tertiary alicyclic amines) is 1. The molecule has 2 aliphatic rings. The lowest BCUT2D eigenvalue weighted by Gasteiger charge is -2.47. The second-order valence-electron chi connectivity index (χ2n) is 6.91. The third-order valence-corrected chi connectivity index (χ3v) is 5.28. The van der Waals surface area contributed by atoms with Crippen LogP contribution in [0.5, 0.6) is 0 Å². The zero-order chi connectivity index (χ0) is 16.3. The summed E-state index contributed by atoms with van der Waals surface area (Å²) < 4.78 is 13.1. The number of piperidine rings is 1. The van der Waals surface area contributed by atoms with Crippen molar-refractivity contribution >= 4 is 11.6 Å². The molecule has 5 heteroatoms. The van der Waals surface area contributed by atoms with Crippen molar-refractivity contribution in [2.24, 2.45) is 5.92 Å². The highest BCUT2D eigenvalue weighted by molar-refractivity contribution is 5.90. The van der Waals surface area contributed by atoms with Crippen molar-refractivity contribution < 1.29 is 14.3 Å². The highest BCUT2D eigenvalue weighted by Gasteiger charge is 2.42. The van der Waals surface area contributed by atoms with Crippen molar-refractivity contribution in [3.8, 4) is 0 Å². The first kappa shape index (κ1) is 16.4. The molecule has 1 aliphatic carbocycles. The van der Waals surface area contributed by atoms with Crippen LogP contribution in [0.4, 0.5) is 10.1 Å². The number of fused-ring (bicyclic) bond motifs is 1. The third-order valence-electron chi connectivity index (χ3n) is 5.28. The maximum absolute atomic E-state index is 13.1. The van der Waals surface area contributed by atoms with Gasteiger partial charge in [-0.1, -0.05) is 18.9 Å². The molecule has 126 valence electrons. The second-order valence-corrected chi connectivity index (χ2v) is 6.91. The van der Waals surface area contributed by atoms with Crippen LogP contribution >= 0.6 is 0 Å². The Balaban J connectivity index is 1.46. The van der Waals surface area contributed by atoms with Gasteiger partial charge in [-0.25, -0.2) is 4.39 Å².